The number of hydrogen-bond donors (Lipinski definition) is 1. The molecule has 0 unspecified atom stereocenters. The van der Waals surface area contributed by atoms with Crippen LogP contribution in [0.3, 0.4) is 0 Å². The number of nitrogens with two attached hydrogens (primary N) is 1. The molecule has 0 aliphatic heterocycles. The molecule has 2 aromatic rings. The Kier molecular flexibility index (Phi) is 5.06. The van der Waals surface area contributed by atoms with Crippen LogP contribution in [0, 0.1) is 6.92 Å². The molecule has 0 spiro atoms. The van der Waals surface area contributed by atoms with Gasteiger partial charge in [-0.1, -0.05) is 12.1 Å². The van der Waals surface area contributed by atoms with Gasteiger partial charge in [0.15, 0.2) is 11.5 Å². The summed E-state index contributed by atoms with van der Waals surface area (Å²) in [5, 5.41) is 0. The van der Waals surface area contributed by atoms with Crippen molar-refractivity contribution in [3.63, 3.8) is 0 Å². The zero-order valence-electron chi connectivity index (χ0n) is 12.7. The van der Waals surface area contributed by atoms with Gasteiger partial charge in [0, 0.05) is 0 Å². The van der Waals surface area contributed by atoms with Gasteiger partial charge in [0.25, 0.3) is 0 Å². The van der Waals surface area contributed by atoms with Crippen LogP contribution < -0.4 is 19.9 Å². The molecule has 2 N–H and O–H groups in total. The molecule has 4 heteroatoms. The molecule has 0 amide bonds. The molecule has 21 heavy (non-hydrogen) atoms. The lowest BCUT2D eigenvalue weighted by atomic mass is 10.1. The molecule has 0 bridgehead atoms. The van der Waals surface area contributed by atoms with Crippen LogP contribution in [-0.4, -0.2) is 20.8 Å². The van der Waals surface area contributed by atoms with Crippen molar-refractivity contribution >= 4 is 0 Å². The molecule has 0 saturated heterocycles. The summed E-state index contributed by atoms with van der Waals surface area (Å²) in [4.78, 5) is 0. The van der Waals surface area contributed by atoms with Gasteiger partial charge in [0.2, 0.25) is 5.75 Å². The van der Waals surface area contributed by atoms with Gasteiger partial charge < -0.3 is 19.9 Å². The van der Waals surface area contributed by atoms with Crippen molar-refractivity contribution in [3.05, 3.63) is 47.5 Å². The Balaban J connectivity index is 2.32. The first-order chi connectivity index (χ1) is 10.2. The van der Waals surface area contributed by atoms with E-state index in [4.69, 9.17) is 19.9 Å². The summed E-state index contributed by atoms with van der Waals surface area (Å²) in [6, 6.07) is 11.5. The molecule has 4 nitrogen and oxygen atoms in total. The molecule has 0 heterocycles. The summed E-state index contributed by atoms with van der Waals surface area (Å²) in [5.74, 6) is 2.60. The number of aryl methyl sites for hydroxylation is 1. The van der Waals surface area contributed by atoms with Crippen molar-refractivity contribution < 1.29 is 14.2 Å². The topological polar surface area (TPSA) is 53.7 Å². The Morgan fingerprint density at radius 2 is 1.67 bits per heavy atom. The lowest BCUT2D eigenvalue weighted by Gasteiger charge is -2.15. The van der Waals surface area contributed by atoms with E-state index >= 15 is 0 Å². The Morgan fingerprint density at radius 3 is 2.19 bits per heavy atom. The van der Waals surface area contributed by atoms with Crippen LogP contribution in [0.25, 0.3) is 0 Å². The maximum Gasteiger partial charge on any atom is 0.210 e. The minimum atomic E-state index is 0.577. The van der Waals surface area contributed by atoms with Gasteiger partial charge in [-0.05, 0) is 55.3 Å². The fraction of sp³-hybridized carbons (Fsp3) is 0.294. The normalized spacial score (nSPS) is 10.3. The van der Waals surface area contributed by atoms with Gasteiger partial charge in [0.1, 0.15) is 5.75 Å². The number of ether oxygens (including phenoxy) is 3. The molecule has 0 aliphatic carbocycles. The van der Waals surface area contributed by atoms with Crippen molar-refractivity contribution in [1.29, 1.82) is 0 Å². The predicted molar refractivity (Wildman–Crippen MR) is 83.6 cm³/mol. The van der Waals surface area contributed by atoms with Gasteiger partial charge in [-0.3, -0.25) is 0 Å². The van der Waals surface area contributed by atoms with Gasteiger partial charge in [-0.25, -0.2) is 0 Å². The molecule has 2 rings (SSSR count). The monoisotopic (exact) mass is 287 g/mol. The highest BCUT2D eigenvalue weighted by Gasteiger charge is 2.12. The second-order valence-corrected chi connectivity index (χ2v) is 4.72. The zero-order valence-corrected chi connectivity index (χ0v) is 12.7. The van der Waals surface area contributed by atoms with E-state index in [1.54, 1.807) is 14.2 Å². The Labute approximate surface area is 125 Å². The van der Waals surface area contributed by atoms with Crippen LogP contribution in [0.4, 0.5) is 0 Å². The largest absolute Gasteiger partial charge is 0.493 e. The first-order valence-corrected chi connectivity index (χ1v) is 6.88. The minimum Gasteiger partial charge on any atom is -0.493 e. The SMILES string of the molecule is COc1cccc(OC)c1Oc1ccc(CCN)c(C)c1. The minimum absolute atomic E-state index is 0.577. The fourth-order valence-corrected chi connectivity index (χ4v) is 2.20. The number of para-hydroxylation sites is 1. The summed E-state index contributed by atoms with van der Waals surface area (Å²) >= 11 is 0. The molecule has 0 aromatic heterocycles. The molecule has 112 valence electrons. The third-order valence-electron chi connectivity index (χ3n) is 3.33. The standard InChI is InChI=1S/C17H21NO3/c1-12-11-14(8-7-13(12)9-10-18)21-17-15(19-2)5-4-6-16(17)20-3/h4-8,11H,9-10,18H2,1-3H3. The van der Waals surface area contributed by atoms with E-state index in [1.165, 1.54) is 5.56 Å². The maximum atomic E-state index is 5.96. The molecular weight excluding hydrogens is 266 g/mol. The molecule has 0 aliphatic rings. The molecule has 0 saturated carbocycles. The van der Waals surface area contributed by atoms with Crippen LogP contribution in [0.1, 0.15) is 11.1 Å². The predicted octanol–water partition coefficient (Wildman–Crippen LogP) is 3.31. The summed E-state index contributed by atoms with van der Waals surface area (Å²) in [5.41, 5.74) is 7.99. The van der Waals surface area contributed by atoms with E-state index in [1.807, 2.05) is 36.4 Å². The van der Waals surface area contributed by atoms with Crippen molar-refractivity contribution in [3.8, 4) is 23.0 Å². The van der Waals surface area contributed by atoms with Gasteiger partial charge in [-0.15, -0.1) is 0 Å². The molecular formula is C17H21NO3. The summed E-state index contributed by atoms with van der Waals surface area (Å²) in [6.45, 7) is 2.69. The Morgan fingerprint density at radius 1 is 1.00 bits per heavy atom. The first-order valence-electron chi connectivity index (χ1n) is 6.88. The highest BCUT2D eigenvalue weighted by atomic mass is 16.5. The van der Waals surface area contributed by atoms with E-state index in [2.05, 4.69) is 6.92 Å². The van der Waals surface area contributed by atoms with E-state index in [9.17, 15) is 0 Å². The van der Waals surface area contributed by atoms with E-state index in [0.29, 0.717) is 23.8 Å². The van der Waals surface area contributed by atoms with Crippen molar-refractivity contribution in [2.45, 2.75) is 13.3 Å². The highest BCUT2D eigenvalue weighted by molar-refractivity contribution is 5.53. The number of rotatable bonds is 6. The molecule has 0 radical (unpaired) electrons. The van der Waals surface area contributed by atoms with Crippen LogP contribution >= 0.6 is 0 Å². The van der Waals surface area contributed by atoms with Crippen LogP contribution in [0.2, 0.25) is 0 Å². The van der Waals surface area contributed by atoms with Crippen molar-refractivity contribution in [1.82, 2.24) is 0 Å². The summed E-state index contributed by atoms with van der Waals surface area (Å²) < 4.78 is 16.6. The molecule has 0 atom stereocenters. The second-order valence-electron chi connectivity index (χ2n) is 4.72. The average Bonchev–Trinajstić information content (AvgIpc) is 2.50. The number of hydrogen-bond acceptors (Lipinski definition) is 4. The van der Waals surface area contributed by atoms with Crippen molar-refractivity contribution in [2.75, 3.05) is 20.8 Å². The quantitative estimate of drug-likeness (QED) is 0.885. The van der Waals surface area contributed by atoms with Gasteiger partial charge in [-0.2, -0.15) is 0 Å². The van der Waals surface area contributed by atoms with E-state index < -0.39 is 0 Å². The fourth-order valence-electron chi connectivity index (χ4n) is 2.20. The second kappa shape index (κ2) is 6.99. The summed E-state index contributed by atoms with van der Waals surface area (Å²) in [6.07, 6.45) is 0.865. The smallest absolute Gasteiger partial charge is 0.210 e. The van der Waals surface area contributed by atoms with Crippen LogP contribution in [-0.2, 0) is 6.42 Å². The zero-order chi connectivity index (χ0) is 15.2. The lowest BCUT2D eigenvalue weighted by molar-refractivity contribution is 0.346. The molecule has 2 aromatic carbocycles. The number of methoxy groups -OCH3 is 2. The van der Waals surface area contributed by atoms with Crippen molar-refractivity contribution in [2.24, 2.45) is 5.73 Å². The Hall–Kier alpha value is -2.20. The van der Waals surface area contributed by atoms with Crippen LogP contribution in [0.5, 0.6) is 23.0 Å². The van der Waals surface area contributed by atoms with E-state index in [-0.39, 0.29) is 0 Å². The third-order valence-corrected chi connectivity index (χ3v) is 3.33. The number of benzene rings is 2. The van der Waals surface area contributed by atoms with Crippen LogP contribution in [0.15, 0.2) is 36.4 Å². The molecule has 0 fully saturated rings. The summed E-state index contributed by atoms with van der Waals surface area (Å²) in [7, 11) is 3.22. The van der Waals surface area contributed by atoms with Gasteiger partial charge in [0.05, 0.1) is 14.2 Å². The Bertz CT molecular complexity index is 589. The lowest BCUT2D eigenvalue weighted by Crippen LogP contribution is -2.04. The van der Waals surface area contributed by atoms with Gasteiger partial charge >= 0.3 is 0 Å². The highest BCUT2D eigenvalue weighted by Crippen LogP contribution is 2.40. The maximum absolute atomic E-state index is 5.96. The first kappa shape index (κ1) is 15.2. The van der Waals surface area contributed by atoms with E-state index in [0.717, 1.165) is 17.7 Å². The third kappa shape index (κ3) is 3.47. The average molecular weight is 287 g/mol.